The molecule has 0 bridgehead atoms. The highest BCUT2D eigenvalue weighted by Gasteiger charge is 2.09. The molecule has 82 valence electrons. The standard InChI is InChI=1S/C10H10N4S2/c1-2-4-9-8(3-1)12-13-14(9)7-16-10-11-5-6-15-10/h1-4H,5-7H2. The number of hydrogen-bond acceptors (Lipinski definition) is 5. The Morgan fingerprint density at radius 2 is 2.31 bits per heavy atom. The number of hydrogen-bond donors (Lipinski definition) is 0. The predicted octanol–water partition coefficient (Wildman–Crippen LogP) is 2.22. The lowest BCUT2D eigenvalue weighted by atomic mass is 10.3. The third-order valence-electron chi connectivity index (χ3n) is 2.29. The highest BCUT2D eigenvalue weighted by atomic mass is 32.2. The third kappa shape index (κ3) is 1.94. The summed E-state index contributed by atoms with van der Waals surface area (Å²) in [4.78, 5) is 4.40. The van der Waals surface area contributed by atoms with E-state index in [0.29, 0.717) is 0 Å². The Kier molecular flexibility index (Phi) is 2.84. The van der Waals surface area contributed by atoms with E-state index in [-0.39, 0.29) is 0 Å². The Balaban J connectivity index is 1.78. The van der Waals surface area contributed by atoms with Gasteiger partial charge in [0.15, 0.2) is 0 Å². The van der Waals surface area contributed by atoms with Crippen LogP contribution in [-0.4, -0.2) is 31.7 Å². The van der Waals surface area contributed by atoms with E-state index in [1.165, 1.54) is 4.38 Å². The van der Waals surface area contributed by atoms with Crippen molar-refractivity contribution in [1.82, 2.24) is 15.0 Å². The van der Waals surface area contributed by atoms with Gasteiger partial charge in [0.1, 0.15) is 9.89 Å². The molecule has 0 unspecified atom stereocenters. The van der Waals surface area contributed by atoms with E-state index in [9.17, 15) is 0 Å². The zero-order valence-corrected chi connectivity index (χ0v) is 10.2. The zero-order valence-electron chi connectivity index (χ0n) is 8.54. The second-order valence-electron chi connectivity index (χ2n) is 3.35. The topological polar surface area (TPSA) is 43.1 Å². The van der Waals surface area contributed by atoms with Gasteiger partial charge in [0.05, 0.1) is 17.9 Å². The van der Waals surface area contributed by atoms with Gasteiger partial charge in [0.2, 0.25) is 0 Å². The van der Waals surface area contributed by atoms with Crippen molar-refractivity contribution < 1.29 is 0 Å². The fourth-order valence-electron chi connectivity index (χ4n) is 1.53. The molecule has 6 heteroatoms. The van der Waals surface area contributed by atoms with Crippen molar-refractivity contribution in [1.29, 1.82) is 0 Å². The predicted molar refractivity (Wildman–Crippen MR) is 69.9 cm³/mol. The van der Waals surface area contributed by atoms with E-state index < -0.39 is 0 Å². The number of thioether (sulfide) groups is 2. The summed E-state index contributed by atoms with van der Waals surface area (Å²) in [6, 6.07) is 8.00. The van der Waals surface area contributed by atoms with E-state index in [2.05, 4.69) is 15.3 Å². The summed E-state index contributed by atoms with van der Waals surface area (Å²) >= 11 is 3.55. The molecule has 16 heavy (non-hydrogen) atoms. The fraction of sp³-hybridized carbons (Fsp3) is 0.300. The van der Waals surface area contributed by atoms with Gasteiger partial charge in [0.25, 0.3) is 0 Å². The summed E-state index contributed by atoms with van der Waals surface area (Å²) in [6.07, 6.45) is 0. The van der Waals surface area contributed by atoms with Crippen LogP contribution in [-0.2, 0) is 5.88 Å². The van der Waals surface area contributed by atoms with Gasteiger partial charge >= 0.3 is 0 Å². The van der Waals surface area contributed by atoms with Crippen LogP contribution in [0.3, 0.4) is 0 Å². The Bertz CT molecular complexity index is 534. The molecule has 1 aromatic carbocycles. The van der Waals surface area contributed by atoms with Gasteiger partial charge in [0, 0.05) is 5.75 Å². The second kappa shape index (κ2) is 4.47. The summed E-state index contributed by atoms with van der Waals surface area (Å²) in [5.74, 6) is 1.90. The van der Waals surface area contributed by atoms with Crippen LogP contribution in [0, 0.1) is 0 Å². The number of aliphatic imine (C=N–C) groups is 1. The Hall–Kier alpha value is -1.01. The molecule has 0 saturated carbocycles. The molecular formula is C10H10N4S2. The summed E-state index contributed by atoms with van der Waals surface area (Å²) in [6.45, 7) is 0.950. The number of benzene rings is 1. The third-order valence-corrected chi connectivity index (χ3v) is 4.51. The Labute approximate surface area is 102 Å². The largest absolute Gasteiger partial charge is 0.271 e. The average Bonchev–Trinajstić information content (AvgIpc) is 2.96. The normalized spacial score (nSPS) is 15.6. The van der Waals surface area contributed by atoms with E-state index >= 15 is 0 Å². The van der Waals surface area contributed by atoms with Crippen molar-refractivity contribution in [3.05, 3.63) is 24.3 Å². The monoisotopic (exact) mass is 250 g/mol. The highest BCUT2D eigenvalue weighted by molar-refractivity contribution is 8.38. The minimum absolute atomic E-state index is 0.784. The zero-order chi connectivity index (χ0) is 10.8. The van der Waals surface area contributed by atoms with Crippen molar-refractivity contribution in [2.24, 2.45) is 4.99 Å². The molecule has 1 aliphatic heterocycles. The lowest BCUT2D eigenvalue weighted by Crippen LogP contribution is -1.98. The van der Waals surface area contributed by atoms with Crippen molar-refractivity contribution >= 4 is 38.9 Å². The number of fused-ring (bicyclic) bond motifs is 1. The Morgan fingerprint density at radius 3 is 3.19 bits per heavy atom. The van der Waals surface area contributed by atoms with E-state index in [0.717, 1.165) is 29.2 Å². The second-order valence-corrected chi connectivity index (χ2v) is 5.62. The van der Waals surface area contributed by atoms with Gasteiger partial charge in [-0.05, 0) is 12.1 Å². The molecule has 2 heterocycles. The number of para-hydroxylation sites is 1. The molecule has 0 amide bonds. The molecule has 4 nitrogen and oxygen atoms in total. The van der Waals surface area contributed by atoms with Gasteiger partial charge in [-0.1, -0.05) is 40.9 Å². The smallest absolute Gasteiger partial charge is 0.126 e. The molecule has 0 spiro atoms. The lowest BCUT2D eigenvalue weighted by molar-refractivity contribution is 0.724. The Morgan fingerprint density at radius 1 is 1.38 bits per heavy atom. The minimum Gasteiger partial charge on any atom is -0.271 e. The first-order valence-electron chi connectivity index (χ1n) is 5.02. The fourth-order valence-corrected chi connectivity index (χ4v) is 3.42. The van der Waals surface area contributed by atoms with Crippen LogP contribution in [0.4, 0.5) is 0 Å². The molecule has 0 radical (unpaired) electrons. The molecule has 0 saturated heterocycles. The van der Waals surface area contributed by atoms with E-state index in [1.807, 2.05) is 40.7 Å². The first-order valence-corrected chi connectivity index (χ1v) is 6.99. The van der Waals surface area contributed by atoms with Gasteiger partial charge in [-0.25, -0.2) is 4.68 Å². The molecule has 1 aromatic heterocycles. The maximum atomic E-state index is 4.40. The molecule has 3 rings (SSSR count). The first kappa shape index (κ1) is 10.2. The summed E-state index contributed by atoms with van der Waals surface area (Å²) < 4.78 is 3.08. The van der Waals surface area contributed by atoms with Crippen LogP contribution < -0.4 is 0 Å². The number of rotatable bonds is 2. The molecule has 1 aliphatic rings. The SMILES string of the molecule is c1ccc2c(c1)nnn2CSC1=NCCS1. The molecule has 2 aromatic rings. The van der Waals surface area contributed by atoms with Crippen molar-refractivity contribution in [2.45, 2.75) is 5.88 Å². The van der Waals surface area contributed by atoms with Crippen LogP contribution in [0.25, 0.3) is 11.0 Å². The first-order chi connectivity index (χ1) is 7.93. The lowest BCUT2D eigenvalue weighted by Gasteiger charge is -2.00. The summed E-state index contributed by atoms with van der Waals surface area (Å²) in [7, 11) is 0. The van der Waals surface area contributed by atoms with Crippen molar-refractivity contribution in [3.63, 3.8) is 0 Å². The van der Waals surface area contributed by atoms with Crippen LogP contribution in [0.2, 0.25) is 0 Å². The number of nitrogens with zero attached hydrogens (tertiary/aromatic N) is 4. The van der Waals surface area contributed by atoms with Gasteiger partial charge < -0.3 is 0 Å². The van der Waals surface area contributed by atoms with Crippen molar-refractivity contribution in [3.8, 4) is 0 Å². The molecule has 0 N–H and O–H groups in total. The van der Waals surface area contributed by atoms with Crippen LogP contribution in [0.1, 0.15) is 0 Å². The van der Waals surface area contributed by atoms with Gasteiger partial charge in [-0.3, -0.25) is 4.99 Å². The highest BCUT2D eigenvalue weighted by Crippen LogP contribution is 2.24. The summed E-state index contributed by atoms with van der Waals surface area (Å²) in [5.41, 5.74) is 2.03. The van der Waals surface area contributed by atoms with Gasteiger partial charge in [-0.15, -0.1) is 5.10 Å². The van der Waals surface area contributed by atoms with E-state index in [4.69, 9.17) is 0 Å². The summed E-state index contributed by atoms with van der Waals surface area (Å²) in [5, 5.41) is 8.25. The van der Waals surface area contributed by atoms with Gasteiger partial charge in [-0.2, -0.15) is 0 Å². The molecule has 0 aliphatic carbocycles. The average molecular weight is 250 g/mol. The molecular weight excluding hydrogens is 240 g/mol. The minimum atomic E-state index is 0.784. The number of aromatic nitrogens is 3. The molecule has 0 fully saturated rings. The van der Waals surface area contributed by atoms with E-state index in [1.54, 1.807) is 11.8 Å². The van der Waals surface area contributed by atoms with Crippen molar-refractivity contribution in [2.75, 3.05) is 12.3 Å². The maximum absolute atomic E-state index is 4.40. The quantitative estimate of drug-likeness (QED) is 0.819. The van der Waals surface area contributed by atoms with Crippen LogP contribution >= 0.6 is 23.5 Å². The maximum Gasteiger partial charge on any atom is 0.126 e. The van der Waals surface area contributed by atoms with Crippen LogP contribution in [0.15, 0.2) is 29.3 Å². The molecule has 0 atom stereocenters. The van der Waals surface area contributed by atoms with Crippen LogP contribution in [0.5, 0.6) is 0 Å².